The van der Waals surface area contributed by atoms with E-state index in [1.54, 1.807) is 23.2 Å². The van der Waals surface area contributed by atoms with Gasteiger partial charge in [0.05, 0.1) is 12.1 Å². The number of fused-ring (bicyclic) bond motifs is 1. The molecule has 4 rings (SSSR count). The zero-order chi connectivity index (χ0) is 22.6. The minimum Gasteiger partial charge on any atom is -0.355 e. The number of carbonyl (C=O) groups is 3. The Balaban J connectivity index is 1.24. The molecule has 174 valence electrons. The molecule has 1 aromatic rings. The van der Waals surface area contributed by atoms with E-state index in [1.165, 1.54) is 12.8 Å². The highest BCUT2D eigenvalue weighted by Gasteiger charge is 2.41. The van der Waals surface area contributed by atoms with Gasteiger partial charge in [0.2, 0.25) is 11.8 Å². The lowest BCUT2D eigenvalue weighted by molar-refractivity contribution is -0.135. The highest BCUT2D eigenvalue weighted by atomic mass is 16.2. The molecular formula is C23H34N6O3. The number of pyridine rings is 1. The Kier molecular flexibility index (Phi) is 6.93. The molecule has 3 aliphatic rings. The summed E-state index contributed by atoms with van der Waals surface area (Å²) in [5.41, 5.74) is -0.214. The average Bonchev–Trinajstić information content (AvgIpc) is 2.91. The van der Waals surface area contributed by atoms with Crippen LogP contribution in [0, 0.1) is 5.92 Å². The van der Waals surface area contributed by atoms with E-state index in [0.29, 0.717) is 37.3 Å². The molecule has 2 saturated heterocycles. The van der Waals surface area contributed by atoms with Crippen molar-refractivity contribution in [3.05, 3.63) is 23.9 Å². The van der Waals surface area contributed by atoms with Crippen LogP contribution in [0.4, 0.5) is 5.82 Å². The van der Waals surface area contributed by atoms with Gasteiger partial charge >= 0.3 is 0 Å². The maximum atomic E-state index is 12.7. The molecule has 0 saturated carbocycles. The maximum Gasteiger partial charge on any atom is 0.256 e. The first-order valence-corrected chi connectivity index (χ1v) is 11.8. The number of anilines is 1. The fourth-order valence-corrected chi connectivity index (χ4v) is 4.95. The highest BCUT2D eigenvalue weighted by molar-refractivity contribution is 6.01. The van der Waals surface area contributed by atoms with Gasteiger partial charge in [0.25, 0.3) is 5.91 Å². The van der Waals surface area contributed by atoms with Crippen LogP contribution in [0.25, 0.3) is 0 Å². The number of aromatic nitrogens is 1. The van der Waals surface area contributed by atoms with Gasteiger partial charge in [0, 0.05) is 38.7 Å². The summed E-state index contributed by atoms with van der Waals surface area (Å²) >= 11 is 0. The first kappa shape index (κ1) is 22.5. The Morgan fingerprint density at radius 3 is 3.00 bits per heavy atom. The van der Waals surface area contributed by atoms with E-state index in [0.717, 1.165) is 32.0 Å². The van der Waals surface area contributed by atoms with Crippen molar-refractivity contribution in [2.75, 3.05) is 44.6 Å². The van der Waals surface area contributed by atoms with Gasteiger partial charge in [-0.3, -0.25) is 14.4 Å². The van der Waals surface area contributed by atoms with Gasteiger partial charge in [-0.05, 0) is 56.8 Å². The minimum absolute atomic E-state index is 0.0540. The van der Waals surface area contributed by atoms with Gasteiger partial charge in [-0.1, -0.05) is 6.92 Å². The summed E-state index contributed by atoms with van der Waals surface area (Å²) in [4.78, 5) is 46.0. The van der Waals surface area contributed by atoms with Gasteiger partial charge < -0.3 is 25.8 Å². The molecule has 2 atom stereocenters. The van der Waals surface area contributed by atoms with Crippen LogP contribution < -0.4 is 16.0 Å². The van der Waals surface area contributed by atoms with E-state index in [4.69, 9.17) is 0 Å². The number of carbonyl (C=O) groups excluding carboxylic acids is 3. The topological polar surface area (TPSA) is 107 Å². The van der Waals surface area contributed by atoms with Gasteiger partial charge in [-0.2, -0.15) is 0 Å². The normalized spacial score (nSPS) is 26.2. The quantitative estimate of drug-likeness (QED) is 0.572. The first-order valence-electron chi connectivity index (χ1n) is 11.8. The van der Waals surface area contributed by atoms with Crippen molar-refractivity contribution >= 4 is 23.5 Å². The van der Waals surface area contributed by atoms with Crippen LogP contribution in [-0.4, -0.2) is 77.4 Å². The van der Waals surface area contributed by atoms with Crippen molar-refractivity contribution in [2.45, 2.75) is 51.1 Å². The molecule has 1 spiro atoms. The third kappa shape index (κ3) is 5.38. The molecule has 0 aliphatic carbocycles. The molecule has 0 radical (unpaired) electrons. The number of nitrogens with one attached hydrogen (secondary N) is 3. The molecule has 0 bridgehead atoms. The third-order valence-electron chi connectivity index (χ3n) is 6.74. The lowest BCUT2D eigenvalue weighted by Gasteiger charge is -2.39. The van der Waals surface area contributed by atoms with Crippen LogP contribution in [0.3, 0.4) is 0 Å². The third-order valence-corrected chi connectivity index (χ3v) is 6.74. The Hall–Kier alpha value is -2.68. The van der Waals surface area contributed by atoms with Crippen LogP contribution >= 0.6 is 0 Å². The molecule has 2 fully saturated rings. The van der Waals surface area contributed by atoms with Crippen molar-refractivity contribution in [3.63, 3.8) is 0 Å². The summed E-state index contributed by atoms with van der Waals surface area (Å²) in [6, 6.07) is 3.45. The number of rotatable bonds is 6. The van der Waals surface area contributed by atoms with E-state index < -0.39 is 5.66 Å². The number of likely N-dealkylation sites (tertiary alicyclic amines) is 2. The maximum absolute atomic E-state index is 12.7. The predicted octanol–water partition coefficient (Wildman–Crippen LogP) is 1.18. The lowest BCUT2D eigenvalue weighted by Crippen LogP contribution is -2.58. The standard InChI is InChI=1S/C23H34N6O3/c1-17-5-3-12-28(15-17)13-4-11-24-19(30)16-29-14-9-23(8-7-20(29)31)26-21-18(22(32)27-23)6-2-10-25-21/h2,6,10,17H,3-5,7-9,11-16H2,1H3,(H,24,30)(H,25,26)(H,27,32). The molecule has 9 heteroatoms. The molecule has 3 N–H and O–H groups in total. The fraction of sp³-hybridized carbons (Fsp3) is 0.652. The summed E-state index contributed by atoms with van der Waals surface area (Å²) in [6.07, 6.45) is 6.35. The summed E-state index contributed by atoms with van der Waals surface area (Å²) in [5.74, 6) is 0.908. The van der Waals surface area contributed by atoms with Crippen molar-refractivity contribution in [3.8, 4) is 0 Å². The van der Waals surface area contributed by atoms with Crippen molar-refractivity contribution in [1.29, 1.82) is 0 Å². The minimum atomic E-state index is -0.717. The zero-order valence-electron chi connectivity index (χ0n) is 18.9. The molecule has 1 aromatic heterocycles. The molecule has 3 amide bonds. The predicted molar refractivity (Wildman–Crippen MR) is 121 cm³/mol. The molecular weight excluding hydrogens is 408 g/mol. The molecule has 4 heterocycles. The molecule has 9 nitrogen and oxygen atoms in total. The monoisotopic (exact) mass is 442 g/mol. The van der Waals surface area contributed by atoms with Crippen molar-refractivity contribution < 1.29 is 14.4 Å². The summed E-state index contributed by atoms with van der Waals surface area (Å²) in [7, 11) is 0. The smallest absolute Gasteiger partial charge is 0.256 e. The van der Waals surface area contributed by atoms with E-state index in [1.807, 2.05) is 0 Å². The number of nitrogens with zero attached hydrogens (tertiary/aromatic N) is 3. The van der Waals surface area contributed by atoms with Crippen molar-refractivity contribution in [1.82, 2.24) is 25.4 Å². The average molecular weight is 443 g/mol. The van der Waals surface area contributed by atoms with Gasteiger partial charge in [0.15, 0.2) is 0 Å². The van der Waals surface area contributed by atoms with E-state index in [-0.39, 0.29) is 30.7 Å². The Labute approximate surface area is 189 Å². The second-order valence-corrected chi connectivity index (χ2v) is 9.38. The number of hydrogen-bond acceptors (Lipinski definition) is 6. The second-order valence-electron chi connectivity index (χ2n) is 9.38. The summed E-state index contributed by atoms with van der Waals surface area (Å²) in [6.45, 7) is 6.65. The molecule has 2 unspecified atom stereocenters. The van der Waals surface area contributed by atoms with E-state index >= 15 is 0 Å². The van der Waals surface area contributed by atoms with Crippen LogP contribution in [0.1, 0.15) is 55.8 Å². The van der Waals surface area contributed by atoms with E-state index in [2.05, 4.69) is 32.8 Å². The SMILES string of the molecule is CC1CCCN(CCCNC(=O)CN2CCC3(CCC2=O)NC(=O)c2cccnc2N3)C1. The largest absolute Gasteiger partial charge is 0.355 e. The zero-order valence-corrected chi connectivity index (χ0v) is 18.9. The highest BCUT2D eigenvalue weighted by Crippen LogP contribution is 2.30. The Morgan fingerprint density at radius 1 is 1.28 bits per heavy atom. The fourth-order valence-electron chi connectivity index (χ4n) is 4.95. The van der Waals surface area contributed by atoms with Gasteiger partial charge in [0.1, 0.15) is 11.5 Å². The lowest BCUT2D eigenvalue weighted by atomic mass is 9.97. The van der Waals surface area contributed by atoms with Gasteiger partial charge in [-0.15, -0.1) is 0 Å². The van der Waals surface area contributed by atoms with Crippen molar-refractivity contribution in [2.24, 2.45) is 5.92 Å². The molecule has 3 aliphatic heterocycles. The Bertz CT molecular complexity index is 862. The first-order chi connectivity index (χ1) is 15.4. The number of amides is 3. The number of piperidine rings is 1. The second kappa shape index (κ2) is 9.85. The van der Waals surface area contributed by atoms with Crippen LogP contribution in [-0.2, 0) is 9.59 Å². The Morgan fingerprint density at radius 2 is 2.16 bits per heavy atom. The van der Waals surface area contributed by atoms with Gasteiger partial charge in [-0.25, -0.2) is 4.98 Å². The van der Waals surface area contributed by atoms with Crippen LogP contribution in [0.5, 0.6) is 0 Å². The van der Waals surface area contributed by atoms with E-state index in [9.17, 15) is 14.4 Å². The van der Waals surface area contributed by atoms with Crippen LogP contribution in [0.15, 0.2) is 18.3 Å². The summed E-state index contributed by atoms with van der Waals surface area (Å²) in [5, 5.41) is 9.31. The summed E-state index contributed by atoms with van der Waals surface area (Å²) < 4.78 is 0. The number of hydrogen-bond donors (Lipinski definition) is 3. The van der Waals surface area contributed by atoms with Crippen LogP contribution in [0.2, 0.25) is 0 Å². The molecule has 0 aromatic carbocycles. The molecule has 32 heavy (non-hydrogen) atoms.